The Bertz CT molecular complexity index is 665. The third-order valence-electron chi connectivity index (χ3n) is 3.39. The molecule has 1 fully saturated rings. The highest BCUT2D eigenvalue weighted by Crippen LogP contribution is 2.41. The highest BCUT2D eigenvalue weighted by atomic mass is 32.1. The maximum Gasteiger partial charge on any atom is 0.261 e. The second-order valence-electron chi connectivity index (χ2n) is 4.87. The summed E-state index contributed by atoms with van der Waals surface area (Å²) in [6, 6.07) is 5.10. The van der Waals surface area contributed by atoms with Gasteiger partial charge in [0, 0.05) is 17.4 Å². The van der Waals surface area contributed by atoms with E-state index in [4.69, 9.17) is 9.47 Å². The first-order chi connectivity index (χ1) is 10.2. The van der Waals surface area contributed by atoms with E-state index in [1.165, 1.54) is 31.3 Å². The molecule has 2 aromatic rings. The maximum absolute atomic E-state index is 12.3. The molecule has 0 spiro atoms. The molecule has 21 heavy (non-hydrogen) atoms. The van der Waals surface area contributed by atoms with E-state index < -0.39 is 0 Å². The summed E-state index contributed by atoms with van der Waals surface area (Å²) in [4.78, 5) is 16.8. The van der Waals surface area contributed by atoms with Crippen LogP contribution in [0.4, 0.5) is 5.13 Å². The Morgan fingerprint density at radius 2 is 2.14 bits per heavy atom. The number of thiazole rings is 1. The topological polar surface area (TPSA) is 60.5 Å². The highest BCUT2D eigenvalue weighted by molar-refractivity contribution is 7.14. The normalized spacial score (nSPS) is 13.8. The van der Waals surface area contributed by atoms with Crippen molar-refractivity contribution >= 4 is 22.4 Å². The molecule has 1 saturated carbocycles. The predicted octanol–water partition coefficient (Wildman–Crippen LogP) is 3.29. The molecule has 1 aliphatic carbocycles. The molecule has 0 saturated heterocycles. The molecule has 0 bridgehead atoms. The molecule has 1 aromatic carbocycles. The van der Waals surface area contributed by atoms with Crippen LogP contribution >= 0.6 is 11.3 Å². The largest absolute Gasteiger partial charge is 0.497 e. The van der Waals surface area contributed by atoms with Gasteiger partial charge in [-0.15, -0.1) is 11.3 Å². The lowest BCUT2D eigenvalue weighted by Crippen LogP contribution is -2.13. The number of methoxy groups -OCH3 is 2. The van der Waals surface area contributed by atoms with Crippen molar-refractivity contribution in [3.8, 4) is 11.5 Å². The molecule has 110 valence electrons. The van der Waals surface area contributed by atoms with Gasteiger partial charge in [-0.05, 0) is 25.0 Å². The number of benzene rings is 1. The van der Waals surface area contributed by atoms with Crippen molar-refractivity contribution < 1.29 is 14.3 Å². The zero-order chi connectivity index (χ0) is 14.8. The summed E-state index contributed by atoms with van der Waals surface area (Å²) in [6.07, 6.45) is 2.40. The lowest BCUT2D eigenvalue weighted by Gasteiger charge is -2.09. The predicted molar refractivity (Wildman–Crippen MR) is 81.6 cm³/mol. The number of hydrogen-bond donors (Lipinski definition) is 1. The Labute approximate surface area is 126 Å². The van der Waals surface area contributed by atoms with Crippen molar-refractivity contribution in [2.24, 2.45) is 0 Å². The highest BCUT2D eigenvalue weighted by Gasteiger charge is 2.26. The molecule has 1 aromatic heterocycles. The Morgan fingerprint density at radius 3 is 2.81 bits per heavy atom. The van der Waals surface area contributed by atoms with Crippen LogP contribution in [0.2, 0.25) is 0 Å². The standard InChI is InChI=1S/C15H16N2O3S/c1-19-10-5-6-11(13(7-10)20-2)14(18)17-15-16-12(8-21-15)9-3-4-9/h5-9H,3-4H2,1-2H3,(H,16,17,18). The molecule has 1 amide bonds. The van der Waals surface area contributed by atoms with Crippen LogP contribution in [0, 0.1) is 0 Å². The van der Waals surface area contributed by atoms with Crippen molar-refractivity contribution in [2.45, 2.75) is 18.8 Å². The molecule has 3 rings (SSSR count). The zero-order valence-corrected chi connectivity index (χ0v) is 12.7. The van der Waals surface area contributed by atoms with Gasteiger partial charge in [-0.1, -0.05) is 0 Å². The summed E-state index contributed by atoms with van der Waals surface area (Å²) in [6.45, 7) is 0. The van der Waals surface area contributed by atoms with Gasteiger partial charge < -0.3 is 9.47 Å². The first-order valence-electron chi connectivity index (χ1n) is 6.70. The van der Waals surface area contributed by atoms with E-state index in [2.05, 4.69) is 10.3 Å². The minimum atomic E-state index is -0.230. The van der Waals surface area contributed by atoms with Crippen LogP contribution in [0.3, 0.4) is 0 Å². The van der Waals surface area contributed by atoms with Gasteiger partial charge >= 0.3 is 0 Å². The fourth-order valence-electron chi connectivity index (χ4n) is 2.06. The quantitative estimate of drug-likeness (QED) is 0.921. The minimum Gasteiger partial charge on any atom is -0.497 e. The number of ether oxygens (including phenoxy) is 2. The average molecular weight is 304 g/mol. The number of nitrogens with zero attached hydrogens (tertiary/aromatic N) is 1. The zero-order valence-electron chi connectivity index (χ0n) is 11.9. The average Bonchev–Trinajstić information content (AvgIpc) is 3.26. The van der Waals surface area contributed by atoms with E-state index in [0.717, 1.165) is 5.69 Å². The smallest absolute Gasteiger partial charge is 0.261 e. The third-order valence-corrected chi connectivity index (χ3v) is 4.17. The molecule has 0 atom stereocenters. The van der Waals surface area contributed by atoms with Crippen molar-refractivity contribution in [3.63, 3.8) is 0 Å². The van der Waals surface area contributed by atoms with E-state index in [0.29, 0.717) is 28.1 Å². The lowest BCUT2D eigenvalue weighted by atomic mass is 10.2. The van der Waals surface area contributed by atoms with Gasteiger partial charge in [0.2, 0.25) is 0 Å². The van der Waals surface area contributed by atoms with Gasteiger partial charge in [-0.25, -0.2) is 4.98 Å². The monoisotopic (exact) mass is 304 g/mol. The summed E-state index contributed by atoms with van der Waals surface area (Å²) < 4.78 is 10.4. The van der Waals surface area contributed by atoms with Crippen molar-refractivity contribution in [2.75, 3.05) is 19.5 Å². The summed E-state index contributed by atoms with van der Waals surface area (Å²) in [5, 5.41) is 5.46. The maximum atomic E-state index is 12.3. The number of hydrogen-bond acceptors (Lipinski definition) is 5. The Balaban J connectivity index is 1.77. The number of carbonyl (C=O) groups is 1. The fourth-order valence-corrected chi connectivity index (χ4v) is 2.85. The van der Waals surface area contributed by atoms with Gasteiger partial charge in [0.05, 0.1) is 25.5 Å². The van der Waals surface area contributed by atoms with E-state index in [-0.39, 0.29) is 5.91 Å². The molecule has 0 unspecified atom stereocenters. The van der Waals surface area contributed by atoms with Crippen molar-refractivity contribution in [1.29, 1.82) is 0 Å². The SMILES string of the molecule is COc1ccc(C(=O)Nc2nc(C3CC3)cs2)c(OC)c1. The number of rotatable bonds is 5. The summed E-state index contributed by atoms with van der Waals surface area (Å²) in [5.41, 5.74) is 1.54. The van der Waals surface area contributed by atoms with Gasteiger partial charge in [0.25, 0.3) is 5.91 Å². The van der Waals surface area contributed by atoms with Crippen LogP contribution < -0.4 is 14.8 Å². The van der Waals surface area contributed by atoms with Gasteiger partial charge in [0.1, 0.15) is 11.5 Å². The number of carbonyl (C=O) groups excluding carboxylic acids is 1. The van der Waals surface area contributed by atoms with Gasteiger partial charge in [0.15, 0.2) is 5.13 Å². The van der Waals surface area contributed by atoms with Crippen LogP contribution in [0.15, 0.2) is 23.6 Å². The van der Waals surface area contributed by atoms with E-state index in [9.17, 15) is 4.79 Å². The van der Waals surface area contributed by atoms with E-state index >= 15 is 0 Å². The molecule has 1 heterocycles. The summed E-state index contributed by atoms with van der Waals surface area (Å²) in [7, 11) is 3.10. The second kappa shape index (κ2) is 5.73. The molecule has 6 heteroatoms. The lowest BCUT2D eigenvalue weighted by molar-refractivity contribution is 0.102. The van der Waals surface area contributed by atoms with Gasteiger partial charge in [-0.2, -0.15) is 0 Å². The van der Waals surface area contributed by atoms with Crippen LogP contribution in [-0.2, 0) is 0 Å². The summed E-state index contributed by atoms with van der Waals surface area (Å²) in [5.74, 6) is 1.48. The Kier molecular flexibility index (Phi) is 3.79. The molecule has 0 aliphatic heterocycles. The number of amides is 1. The third kappa shape index (κ3) is 3.00. The first kappa shape index (κ1) is 13.9. The molecule has 0 radical (unpaired) electrons. The number of aromatic nitrogens is 1. The second-order valence-corrected chi connectivity index (χ2v) is 5.73. The van der Waals surface area contributed by atoms with E-state index in [1.54, 1.807) is 25.3 Å². The van der Waals surface area contributed by atoms with Crippen LogP contribution in [0.25, 0.3) is 0 Å². The van der Waals surface area contributed by atoms with Crippen LogP contribution in [0.5, 0.6) is 11.5 Å². The molecule has 1 N–H and O–H groups in total. The Morgan fingerprint density at radius 1 is 1.33 bits per heavy atom. The molecule has 1 aliphatic rings. The van der Waals surface area contributed by atoms with E-state index in [1.807, 2.05) is 5.38 Å². The summed E-state index contributed by atoms with van der Waals surface area (Å²) >= 11 is 1.45. The fraction of sp³-hybridized carbons (Fsp3) is 0.333. The van der Waals surface area contributed by atoms with Crippen LogP contribution in [0.1, 0.15) is 34.8 Å². The van der Waals surface area contributed by atoms with Crippen molar-refractivity contribution in [1.82, 2.24) is 4.98 Å². The Hall–Kier alpha value is -2.08. The van der Waals surface area contributed by atoms with Crippen LogP contribution in [-0.4, -0.2) is 25.1 Å². The number of anilines is 1. The van der Waals surface area contributed by atoms with Gasteiger partial charge in [-0.3, -0.25) is 10.1 Å². The number of nitrogens with one attached hydrogen (secondary N) is 1. The molecular formula is C15H16N2O3S. The van der Waals surface area contributed by atoms with Crippen molar-refractivity contribution in [3.05, 3.63) is 34.8 Å². The molecule has 5 nitrogen and oxygen atoms in total. The molecular weight excluding hydrogens is 288 g/mol. The minimum absolute atomic E-state index is 0.230. The first-order valence-corrected chi connectivity index (χ1v) is 7.58.